The lowest BCUT2D eigenvalue weighted by Crippen LogP contribution is -2.14. The average molecular weight is 543 g/mol. The standard InChI is InChI=1S/C27H22N6O3S2/c1-18-10-12-21(13-11-18)32-25(20-7-3-2-4-8-20)30-31-27(32)37-17-24(34)29-26-28-16-23(38-26)15-19-6-5-9-22(14-19)33(35)36/h2-14,16H,15,17H2,1H3,(H,28,29,34). The predicted octanol–water partition coefficient (Wildman–Crippen LogP) is 5.93. The maximum Gasteiger partial charge on any atom is 0.269 e. The zero-order valence-electron chi connectivity index (χ0n) is 20.3. The molecule has 38 heavy (non-hydrogen) atoms. The smallest absolute Gasteiger partial charge is 0.269 e. The second-order valence-electron chi connectivity index (χ2n) is 8.42. The van der Waals surface area contributed by atoms with E-state index in [-0.39, 0.29) is 17.3 Å². The molecule has 0 aliphatic heterocycles. The van der Waals surface area contributed by atoms with Crippen molar-refractivity contribution < 1.29 is 9.72 Å². The van der Waals surface area contributed by atoms with E-state index in [0.717, 1.165) is 27.3 Å². The molecular formula is C27H22N6O3S2. The Hall–Kier alpha value is -4.35. The second kappa shape index (κ2) is 11.4. The monoisotopic (exact) mass is 542 g/mol. The van der Waals surface area contributed by atoms with E-state index in [1.165, 1.54) is 29.2 Å². The first-order chi connectivity index (χ1) is 18.5. The number of rotatable bonds is 9. The first-order valence-electron chi connectivity index (χ1n) is 11.6. The molecule has 0 fully saturated rings. The fourth-order valence-corrected chi connectivity index (χ4v) is 5.39. The molecule has 11 heteroatoms. The summed E-state index contributed by atoms with van der Waals surface area (Å²) in [5.74, 6) is 0.604. The number of thioether (sulfide) groups is 1. The highest BCUT2D eigenvalue weighted by molar-refractivity contribution is 7.99. The maximum atomic E-state index is 12.7. The molecule has 3 aromatic carbocycles. The van der Waals surface area contributed by atoms with Crippen molar-refractivity contribution in [3.05, 3.63) is 111 Å². The number of benzene rings is 3. The highest BCUT2D eigenvalue weighted by Gasteiger charge is 2.18. The quantitative estimate of drug-likeness (QED) is 0.139. The molecule has 1 amide bonds. The maximum absolute atomic E-state index is 12.7. The first-order valence-corrected chi connectivity index (χ1v) is 13.4. The molecule has 0 radical (unpaired) electrons. The molecule has 5 rings (SSSR count). The highest BCUT2D eigenvalue weighted by Crippen LogP contribution is 2.29. The summed E-state index contributed by atoms with van der Waals surface area (Å²) in [6, 6.07) is 24.4. The Bertz CT molecular complexity index is 1580. The van der Waals surface area contributed by atoms with Gasteiger partial charge < -0.3 is 5.32 Å². The Morgan fingerprint density at radius 2 is 1.84 bits per heavy atom. The summed E-state index contributed by atoms with van der Waals surface area (Å²) < 4.78 is 1.95. The number of aryl methyl sites for hydroxylation is 1. The van der Waals surface area contributed by atoms with Gasteiger partial charge in [0.05, 0.1) is 10.7 Å². The largest absolute Gasteiger partial charge is 0.301 e. The highest BCUT2D eigenvalue weighted by atomic mass is 32.2. The summed E-state index contributed by atoms with van der Waals surface area (Å²) in [6.45, 7) is 2.03. The molecular weight excluding hydrogens is 520 g/mol. The number of non-ortho nitro benzene ring substituents is 1. The molecule has 0 unspecified atom stereocenters. The van der Waals surface area contributed by atoms with Gasteiger partial charge in [0.25, 0.3) is 5.69 Å². The summed E-state index contributed by atoms with van der Waals surface area (Å²) in [5, 5.41) is 23.7. The van der Waals surface area contributed by atoms with E-state index in [2.05, 4.69) is 20.5 Å². The van der Waals surface area contributed by atoms with Crippen LogP contribution in [0.1, 0.15) is 16.0 Å². The van der Waals surface area contributed by atoms with Gasteiger partial charge in [0, 0.05) is 40.9 Å². The molecule has 0 aliphatic carbocycles. The molecule has 0 aliphatic rings. The van der Waals surface area contributed by atoms with Gasteiger partial charge in [-0.2, -0.15) is 0 Å². The first kappa shape index (κ1) is 25.3. The number of aromatic nitrogens is 4. The fraction of sp³-hybridized carbons (Fsp3) is 0.111. The molecule has 5 aromatic rings. The number of nitrogens with zero attached hydrogens (tertiary/aromatic N) is 5. The van der Waals surface area contributed by atoms with Crippen LogP contribution in [0.2, 0.25) is 0 Å². The van der Waals surface area contributed by atoms with Gasteiger partial charge in [0.1, 0.15) is 0 Å². The molecule has 0 bridgehead atoms. The van der Waals surface area contributed by atoms with Crippen molar-refractivity contribution in [1.82, 2.24) is 19.7 Å². The fourth-order valence-electron chi connectivity index (χ4n) is 3.78. The number of hydrogen-bond donors (Lipinski definition) is 1. The van der Waals surface area contributed by atoms with Crippen molar-refractivity contribution in [2.24, 2.45) is 0 Å². The minimum Gasteiger partial charge on any atom is -0.301 e. The molecule has 190 valence electrons. The number of anilines is 1. The van der Waals surface area contributed by atoms with Gasteiger partial charge >= 0.3 is 0 Å². The van der Waals surface area contributed by atoms with Crippen LogP contribution in [0, 0.1) is 17.0 Å². The van der Waals surface area contributed by atoms with Gasteiger partial charge in [-0.1, -0.05) is 71.9 Å². The van der Waals surface area contributed by atoms with Gasteiger partial charge in [-0.05, 0) is 24.6 Å². The number of carbonyl (C=O) groups excluding carboxylic acids is 1. The van der Waals surface area contributed by atoms with Gasteiger partial charge in [-0.25, -0.2) is 4.98 Å². The molecule has 2 heterocycles. The predicted molar refractivity (Wildman–Crippen MR) is 149 cm³/mol. The van der Waals surface area contributed by atoms with E-state index in [0.29, 0.717) is 22.5 Å². The van der Waals surface area contributed by atoms with E-state index >= 15 is 0 Å². The van der Waals surface area contributed by atoms with Crippen LogP contribution in [0.4, 0.5) is 10.8 Å². The summed E-state index contributed by atoms with van der Waals surface area (Å²) in [7, 11) is 0. The zero-order chi connectivity index (χ0) is 26.5. The average Bonchev–Trinajstić information content (AvgIpc) is 3.55. The lowest BCUT2D eigenvalue weighted by atomic mass is 10.1. The van der Waals surface area contributed by atoms with E-state index < -0.39 is 4.92 Å². The van der Waals surface area contributed by atoms with Crippen LogP contribution in [0.15, 0.2) is 90.2 Å². The van der Waals surface area contributed by atoms with E-state index in [4.69, 9.17) is 0 Å². The second-order valence-corrected chi connectivity index (χ2v) is 10.5. The molecule has 9 nitrogen and oxygen atoms in total. The number of nitro groups is 1. The number of hydrogen-bond acceptors (Lipinski definition) is 8. The van der Waals surface area contributed by atoms with Crippen LogP contribution < -0.4 is 5.32 Å². The lowest BCUT2D eigenvalue weighted by Gasteiger charge is -2.10. The van der Waals surface area contributed by atoms with Gasteiger partial charge in [-0.15, -0.1) is 21.5 Å². The van der Waals surface area contributed by atoms with Crippen molar-refractivity contribution in [3.8, 4) is 17.1 Å². The van der Waals surface area contributed by atoms with Crippen LogP contribution in [-0.4, -0.2) is 36.3 Å². The van der Waals surface area contributed by atoms with Crippen LogP contribution in [-0.2, 0) is 11.2 Å². The van der Waals surface area contributed by atoms with E-state index in [1.54, 1.807) is 18.3 Å². The lowest BCUT2D eigenvalue weighted by molar-refractivity contribution is -0.384. The summed E-state index contributed by atoms with van der Waals surface area (Å²) >= 11 is 2.63. The molecule has 0 atom stereocenters. The zero-order valence-corrected chi connectivity index (χ0v) is 21.9. The Labute approximate surface area is 226 Å². The van der Waals surface area contributed by atoms with E-state index in [1.807, 2.05) is 72.2 Å². The summed E-state index contributed by atoms with van der Waals surface area (Å²) in [4.78, 5) is 28.5. The van der Waals surface area contributed by atoms with Gasteiger partial charge in [0.15, 0.2) is 16.1 Å². The minimum absolute atomic E-state index is 0.0477. The number of nitro benzene ring substituents is 1. The van der Waals surface area contributed by atoms with Crippen molar-refractivity contribution in [1.29, 1.82) is 0 Å². The molecule has 2 aromatic heterocycles. The summed E-state index contributed by atoms with van der Waals surface area (Å²) in [6.07, 6.45) is 2.16. The third kappa shape index (κ3) is 5.96. The molecule has 1 N–H and O–H groups in total. The van der Waals surface area contributed by atoms with Crippen LogP contribution in [0.5, 0.6) is 0 Å². The normalized spacial score (nSPS) is 10.9. The third-order valence-electron chi connectivity index (χ3n) is 5.59. The number of nitrogens with one attached hydrogen (secondary N) is 1. The van der Waals surface area contributed by atoms with Crippen molar-refractivity contribution >= 4 is 39.8 Å². The topological polar surface area (TPSA) is 116 Å². The minimum atomic E-state index is -0.415. The van der Waals surface area contributed by atoms with Crippen molar-refractivity contribution in [2.45, 2.75) is 18.5 Å². The van der Waals surface area contributed by atoms with E-state index in [9.17, 15) is 14.9 Å². The Kier molecular flexibility index (Phi) is 7.57. The number of thiazole rings is 1. The van der Waals surface area contributed by atoms with Crippen molar-refractivity contribution in [2.75, 3.05) is 11.1 Å². The molecule has 0 saturated carbocycles. The Morgan fingerprint density at radius 3 is 2.61 bits per heavy atom. The summed E-state index contributed by atoms with van der Waals surface area (Å²) in [5.41, 5.74) is 3.83. The molecule has 0 saturated heterocycles. The van der Waals surface area contributed by atoms with Crippen LogP contribution in [0.25, 0.3) is 17.1 Å². The number of carbonyl (C=O) groups is 1. The van der Waals surface area contributed by atoms with Gasteiger partial charge in [0.2, 0.25) is 5.91 Å². The Balaban J connectivity index is 1.27. The number of amides is 1. The van der Waals surface area contributed by atoms with Gasteiger partial charge in [-0.3, -0.25) is 19.5 Å². The molecule has 0 spiro atoms. The Morgan fingerprint density at radius 1 is 1.05 bits per heavy atom. The van der Waals surface area contributed by atoms with Crippen LogP contribution in [0.3, 0.4) is 0 Å². The SMILES string of the molecule is Cc1ccc(-n2c(SCC(=O)Nc3ncc(Cc4cccc([N+](=O)[O-])c4)s3)nnc2-c2ccccc2)cc1. The van der Waals surface area contributed by atoms with Crippen LogP contribution >= 0.6 is 23.1 Å². The van der Waals surface area contributed by atoms with Crippen molar-refractivity contribution in [3.63, 3.8) is 0 Å². The third-order valence-corrected chi connectivity index (χ3v) is 7.43.